The van der Waals surface area contributed by atoms with Crippen LogP contribution in [0.15, 0.2) is 40.9 Å². The minimum atomic E-state index is 0.522. The minimum absolute atomic E-state index is 0.522. The van der Waals surface area contributed by atoms with Crippen molar-refractivity contribution in [2.24, 2.45) is 5.92 Å². The molecular weight excluding hydrogens is 314 g/mol. The van der Waals surface area contributed by atoms with Gasteiger partial charge in [0.15, 0.2) is 0 Å². The first kappa shape index (κ1) is 13.9. The molecule has 1 aliphatic rings. The van der Waals surface area contributed by atoms with Gasteiger partial charge in [0, 0.05) is 18.5 Å². The molecule has 3 heteroatoms. The van der Waals surface area contributed by atoms with E-state index in [2.05, 4.69) is 58.5 Å². The summed E-state index contributed by atoms with van der Waals surface area (Å²) in [6.07, 6.45) is 2.67. The van der Waals surface area contributed by atoms with Gasteiger partial charge < -0.3 is 10.1 Å². The van der Waals surface area contributed by atoms with E-state index >= 15 is 0 Å². The van der Waals surface area contributed by atoms with Gasteiger partial charge in [-0.2, -0.15) is 0 Å². The van der Waals surface area contributed by atoms with Crippen LogP contribution in [0.4, 0.5) is 0 Å². The number of nitrogens with one attached hydrogen (secondary N) is 1. The van der Waals surface area contributed by atoms with Crippen LogP contribution in [0.5, 0.6) is 5.75 Å². The third kappa shape index (κ3) is 3.33. The normalized spacial score (nSPS) is 16.3. The van der Waals surface area contributed by atoms with E-state index in [9.17, 15) is 0 Å². The van der Waals surface area contributed by atoms with Crippen LogP contribution in [0.2, 0.25) is 0 Å². The summed E-state index contributed by atoms with van der Waals surface area (Å²) in [7, 11) is 0. The second-order valence-corrected chi connectivity index (χ2v) is 6.49. The molecule has 0 spiro atoms. The first-order chi connectivity index (χ1) is 9.74. The van der Waals surface area contributed by atoms with E-state index in [1.807, 2.05) is 6.07 Å². The smallest absolute Gasteiger partial charge is 0.134 e. The Kier molecular flexibility index (Phi) is 4.27. The molecule has 0 radical (unpaired) electrons. The Morgan fingerprint density at radius 1 is 1.25 bits per heavy atom. The molecule has 3 rings (SSSR count). The van der Waals surface area contributed by atoms with Crippen molar-refractivity contribution in [1.29, 1.82) is 0 Å². The Balaban J connectivity index is 1.63. The highest BCUT2D eigenvalue weighted by Crippen LogP contribution is 2.33. The molecule has 0 heterocycles. The zero-order valence-electron chi connectivity index (χ0n) is 11.7. The molecule has 0 aromatic heterocycles. The summed E-state index contributed by atoms with van der Waals surface area (Å²) in [5, 5.41) is 5.98. The molecule has 1 atom stereocenters. The van der Waals surface area contributed by atoms with E-state index in [0.717, 1.165) is 29.4 Å². The zero-order chi connectivity index (χ0) is 13.9. The Hall–Kier alpha value is -1.06. The molecule has 2 aromatic rings. The molecule has 106 valence electrons. The van der Waals surface area contributed by atoms with E-state index in [0.29, 0.717) is 5.92 Å². The number of hydrogen-bond donors (Lipinski definition) is 1. The molecule has 0 amide bonds. The van der Waals surface area contributed by atoms with E-state index < -0.39 is 0 Å². The maximum Gasteiger partial charge on any atom is 0.134 e. The van der Waals surface area contributed by atoms with Gasteiger partial charge in [-0.3, -0.25) is 0 Å². The maximum atomic E-state index is 5.97. The number of ether oxygens (including phenoxy) is 1. The van der Waals surface area contributed by atoms with Crippen molar-refractivity contribution in [3.05, 3.63) is 40.9 Å². The van der Waals surface area contributed by atoms with Crippen LogP contribution in [-0.2, 0) is 0 Å². The first-order valence-electron chi connectivity index (χ1n) is 7.27. The molecule has 0 aliphatic heterocycles. The largest absolute Gasteiger partial charge is 0.492 e. The van der Waals surface area contributed by atoms with Crippen molar-refractivity contribution in [1.82, 2.24) is 5.32 Å². The monoisotopic (exact) mass is 333 g/mol. The highest BCUT2D eigenvalue weighted by molar-refractivity contribution is 9.10. The summed E-state index contributed by atoms with van der Waals surface area (Å²) >= 11 is 3.66. The summed E-state index contributed by atoms with van der Waals surface area (Å²) in [4.78, 5) is 0. The van der Waals surface area contributed by atoms with Gasteiger partial charge in [0.2, 0.25) is 0 Å². The lowest BCUT2D eigenvalue weighted by Gasteiger charge is -2.15. The molecular formula is C17H20BrNO. The first-order valence-corrected chi connectivity index (χ1v) is 8.07. The quantitative estimate of drug-likeness (QED) is 0.847. The third-order valence-corrected chi connectivity index (χ3v) is 4.50. The maximum absolute atomic E-state index is 5.97. The molecule has 1 N–H and O–H groups in total. The fourth-order valence-electron chi connectivity index (χ4n) is 2.27. The van der Waals surface area contributed by atoms with Crippen molar-refractivity contribution in [2.45, 2.75) is 25.8 Å². The van der Waals surface area contributed by atoms with E-state index in [-0.39, 0.29) is 0 Å². The van der Waals surface area contributed by atoms with Gasteiger partial charge in [-0.05, 0) is 45.6 Å². The number of fused-ring (bicyclic) bond motifs is 1. The minimum Gasteiger partial charge on any atom is -0.492 e. The van der Waals surface area contributed by atoms with Crippen LogP contribution in [-0.4, -0.2) is 19.2 Å². The van der Waals surface area contributed by atoms with Gasteiger partial charge in [0.1, 0.15) is 5.75 Å². The molecule has 1 saturated carbocycles. The Bertz CT molecular complexity index is 595. The molecule has 1 aliphatic carbocycles. The molecule has 1 unspecified atom stereocenters. The zero-order valence-corrected chi connectivity index (χ0v) is 13.3. The van der Waals surface area contributed by atoms with E-state index in [1.165, 1.54) is 23.6 Å². The molecule has 1 fully saturated rings. The molecule has 20 heavy (non-hydrogen) atoms. The van der Waals surface area contributed by atoms with Gasteiger partial charge in [-0.15, -0.1) is 0 Å². The van der Waals surface area contributed by atoms with E-state index in [1.54, 1.807) is 0 Å². The highest BCUT2D eigenvalue weighted by Gasteiger charge is 2.21. The van der Waals surface area contributed by atoms with Crippen molar-refractivity contribution < 1.29 is 4.74 Å². The standard InChI is InChI=1S/C17H20BrNO/c1-12(10-19-14-7-8-14)11-20-16-9-6-13-4-2-3-5-15(13)17(16)18/h2-6,9,12,14,19H,7-8,10-11H2,1H3. The highest BCUT2D eigenvalue weighted by atomic mass is 79.9. The second kappa shape index (κ2) is 6.15. The summed E-state index contributed by atoms with van der Waals surface area (Å²) in [5.41, 5.74) is 0. The molecule has 2 nitrogen and oxygen atoms in total. The fraction of sp³-hybridized carbons (Fsp3) is 0.412. The van der Waals surface area contributed by atoms with Gasteiger partial charge in [0.25, 0.3) is 0 Å². The van der Waals surface area contributed by atoms with Crippen LogP contribution in [0.3, 0.4) is 0 Å². The van der Waals surface area contributed by atoms with E-state index in [4.69, 9.17) is 4.74 Å². The van der Waals surface area contributed by atoms with Gasteiger partial charge in [-0.1, -0.05) is 37.3 Å². The van der Waals surface area contributed by atoms with Crippen molar-refractivity contribution in [3.63, 3.8) is 0 Å². The van der Waals surface area contributed by atoms with Crippen molar-refractivity contribution in [3.8, 4) is 5.75 Å². The fourth-order valence-corrected chi connectivity index (χ4v) is 2.88. The van der Waals surface area contributed by atoms with Crippen molar-refractivity contribution in [2.75, 3.05) is 13.2 Å². The Morgan fingerprint density at radius 3 is 2.85 bits per heavy atom. The third-order valence-electron chi connectivity index (χ3n) is 3.68. The number of rotatable bonds is 6. The lowest BCUT2D eigenvalue weighted by Crippen LogP contribution is -2.26. The number of hydrogen-bond acceptors (Lipinski definition) is 2. The van der Waals surface area contributed by atoms with Gasteiger partial charge in [-0.25, -0.2) is 0 Å². The average molecular weight is 334 g/mol. The molecule has 2 aromatic carbocycles. The Morgan fingerprint density at radius 2 is 2.05 bits per heavy atom. The summed E-state index contributed by atoms with van der Waals surface area (Å²) < 4.78 is 7.03. The SMILES string of the molecule is CC(CNC1CC1)COc1ccc2ccccc2c1Br. The number of halogens is 1. The summed E-state index contributed by atoms with van der Waals surface area (Å²) in [6.45, 7) is 4.01. The van der Waals surface area contributed by atoms with Crippen LogP contribution in [0, 0.1) is 5.92 Å². The van der Waals surface area contributed by atoms with Gasteiger partial charge in [0.05, 0.1) is 11.1 Å². The molecule has 0 bridgehead atoms. The van der Waals surface area contributed by atoms with Crippen LogP contribution >= 0.6 is 15.9 Å². The lowest BCUT2D eigenvalue weighted by atomic mass is 10.1. The summed E-state index contributed by atoms with van der Waals surface area (Å²) in [6, 6.07) is 13.3. The van der Waals surface area contributed by atoms with Crippen LogP contribution < -0.4 is 10.1 Å². The predicted molar refractivity (Wildman–Crippen MR) is 87.3 cm³/mol. The number of benzene rings is 2. The van der Waals surface area contributed by atoms with Crippen LogP contribution in [0.25, 0.3) is 10.8 Å². The topological polar surface area (TPSA) is 21.3 Å². The summed E-state index contributed by atoms with van der Waals surface area (Å²) in [5.74, 6) is 1.45. The predicted octanol–water partition coefficient (Wildman–Crippen LogP) is 4.37. The lowest BCUT2D eigenvalue weighted by molar-refractivity contribution is 0.254. The molecule has 0 saturated heterocycles. The average Bonchev–Trinajstić information content (AvgIpc) is 3.29. The Labute approximate surface area is 128 Å². The van der Waals surface area contributed by atoms with Crippen molar-refractivity contribution >= 4 is 26.7 Å². The van der Waals surface area contributed by atoms with Gasteiger partial charge >= 0.3 is 0 Å². The van der Waals surface area contributed by atoms with Crippen LogP contribution in [0.1, 0.15) is 19.8 Å². The second-order valence-electron chi connectivity index (χ2n) is 5.70.